The standard InChI is InChI=1S/C5H10F2O4S/c1-2-3-10-12(8,9)11-4-5(6)7/h5H,2-4H2,1H3. The molecule has 0 saturated carbocycles. The summed E-state index contributed by atoms with van der Waals surface area (Å²) in [5.41, 5.74) is 0. The summed E-state index contributed by atoms with van der Waals surface area (Å²) in [6.45, 7) is 0.459. The van der Waals surface area contributed by atoms with Crippen molar-refractivity contribution in [3.8, 4) is 0 Å². The van der Waals surface area contributed by atoms with E-state index < -0.39 is 23.4 Å². The Hall–Kier alpha value is -0.270. The molecule has 0 heterocycles. The number of alkyl halides is 2. The van der Waals surface area contributed by atoms with E-state index in [4.69, 9.17) is 0 Å². The van der Waals surface area contributed by atoms with Crippen LogP contribution in [0.15, 0.2) is 0 Å². The number of rotatable bonds is 6. The summed E-state index contributed by atoms with van der Waals surface area (Å²) in [4.78, 5) is 0. The zero-order chi connectivity index (χ0) is 9.61. The van der Waals surface area contributed by atoms with Gasteiger partial charge < -0.3 is 0 Å². The van der Waals surface area contributed by atoms with E-state index in [1.165, 1.54) is 0 Å². The third kappa shape index (κ3) is 6.44. The molecule has 0 saturated heterocycles. The second-order valence-corrected chi connectivity index (χ2v) is 3.19. The quantitative estimate of drug-likeness (QED) is 0.646. The highest BCUT2D eigenvalue weighted by Crippen LogP contribution is 2.01. The Balaban J connectivity index is 3.73. The van der Waals surface area contributed by atoms with E-state index in [1.54, 1.807) is 6.92 Å². The maximum atomic E-state index is 11.4. The topological polar surface area (TPSA) is 52.6 Å². The van der Waals surface area contributed by atoms with E-state index in [9.17, 15) is 17.2 Å². The minimum atomic E-state index is -4.22. The molecule has 12 heavy (non-hydrogen) atoms. The smallest absolute Gasteiger partial charge is 0.248 e. The normalized spacial score (nSPS) is 12.3. The van der Waals surface area contributed by atoms with Crippen molar-refractivity contribution in [3.63, 3.8) is 0 Å². The first-order valence-electron chi connectivity index (χ1n) is 3.30. The van der Waals surface area contributed by atoms with Crippen molar-refractivity contribution >= 4 is 10.4 Å². The van der Waals surface area contributed by atoms with Gasteiger partial charge in [-0.25, -0.2) is 17.1 Å². The maximum absolute atomic E-state index is 11.4. The van der Waals surface area contributed by atoms with Crippen molar-refractivity contribution in [3.05, 3.63) is 0 Å². The minimum Gasteiger partial charge on any atom is -0.248 e. The zero-order valence-corrected chi connectivity index (χ0v) is 7.31. The van der Waals surface area contributed by atoms with E-state index in [1.807, 2.05) is 0 Å². The van der Waals surface area contributed by atoms with Gasteiger partial charge >= 0.3 is 10.4 Å². The van der Waals surface area contributed by atoms with Gasteiger partial charge in [0.1, 0.15) is 6.61 Å². The largest absolute Gasteiger partial charge is 0.400 e. The number of hydrogen-bond donors (Lipinski definition) is 0. The first kappa shape index (κ1) is 11.7. The lowest BCUT2D eigenvalue weighted by Crippen LogP contribution is -2.15. The van der Waals surface area contributed by atoms with Gasteiger partial charge in [0.25, 0.3) is 6.43 Å². The summed E-state index contributed by atoms with van der Waals surface area (Å²) in [6.07, 6.45) is -2.35. The molecule has 0 spiro atoms. The Kier molecular flexibility index (Phi) is 5.27. The van der Waals surface area contributed by atoms with Crippen LogP contribution >= 0.6 is 0 Å². The summed E-state index contributed by atoms with van der Waals surface area (Å²) in [5.74, 6) is 0. The van der Waals surface area contributed by atoms with Crippen LogP contribution in [0.25, 0.3) is 0 Å². The molecule has 0 aliphatic carbocycles. The van der Waals surface area contributed by atoms with E-state index in [-0.39, 0.29) is 6.61 Å². The molecule has 0 bridgehead atoms. The fourth-order valence-electron chi connectivity index (χ4n) is 0.354. The summed E-state index contributed by atoms with van der Waals surface area (Å²) in [5, 5.41) is 0. The van der Waals surface area contributed by atoms with Gasteiger partial charge in [0.15, 0.2) is 0 Å². The molecule has 0 atom stereocenters. The number of halogens is 2. The third-order valence-corrected chi connectivity index (χ3v) is 1.65. The van der Waals surface area contributed by atoms with Crippen LogP contribution in [0.5, 0.6) is 0 Å². The van der Waals surface area contributed by atoms with Gasteiger partial charge in [-0.15, -0.1) is 0 Å². The monoisotopic (exact) mass is 204 g/mol. The molecule has 0 amide bonds. The highest BCUT2D eigenvalue weighted by molar-refractivity contribution is 7.81. The second kappa shape index (κ2) is 5.39. The van der Waals surface area contributed by atoms with E-state index in [0.717, 1.165) is 0 Å². The molecule has 0 aromatic rings. The number of hydrogen-bond acceptors (Lipinski definition) is 4. The minimum absolute atomic E-state index is 0.0639. The molecule has 0 aromatic heterocycles. The van der Waals surface area contributed by atoms with Crippen LogP contribution in [-0.4, -0.2) is 28.1 Å². The summed E-state index contributed by atoms with van der Waals surface area (Å²) < 4.78 is 51.9. The highest BCUT2D eigenvalue weighted by Gasteiger charge is 2.14. The molecular weight excluding hydrogens is 194 g/mol. The summed E-state index contributed by atoms with van der Waals surface area (Å²) in [7, 11) is -4.22. The molecule has 4 nitrogen and oxygen atoms in total. The molecule has 0 unspecified atom stereocenters. The van der Waals surface area contributed by atoms with Gasteiger partial charge in [0.2, 0.25) is 0 Å². The lowest BCUT2D eigenvalue weighted by Gasteiger charge is -2.03. The van der Waals surface area contributed by atoms with Crippen LogP contribution in [-0.2, 0) is 18.8 Å². The van der Waals surface area contributed by atoms with Gasteiger partial charge in [-0.1, -0.05) is 6.92 Å². The fourth-order valence-corrected chi connectivity index (χ4v) is 1.06. The lowest BCUT2D eigenvalue weighted by molar-refractivity contribution is 0.0733. The SMILES string of the molecule is CCCOS(=O)(=O)OCC(F)F. The Bertz CT molecular complexity index is 201. The Morgan fingerprint density at radius 1 is 1.33 bits per heavy atom. The molecule has 0 N–H and O–H groups in total. The first-order chi connectivity index (χ1) is 5.48. The predicted octanol–water partition coefficient (Wildman–Crippen LogP) is 0.940. The van der Waals surface area contributed by atoms with Crippen molar-refractivity contribution in [1.29, 1.82) is 0 Å². The Labute approximate surface area is 69.8 Å². The highest BCUT2D eigenvalue weighted by atomic mass is 32.3. The van der Waals surface area contributed by atoms with Gasteiger partial charge in [-0.3, -0.25) is 0 Å². The van der Waals surface area contributed by atoms with Crippen LogP contribution in [0.4, 0.5) is 8.78 Å². The van der Waals surface area contributed by atoms with Crippen molar-refractivity contribution in [1.82, 2.24) is 0 Å². The fraction of sp³-hybridized carbons (Fsp3) is 1.00. The molecular formula is C5H10F2O4S. The maximum Gasteiger partial charge on any atom is 0.400 e. The second-order valence-electron chi connectivity index (χ2n) is 1.91. The van der Waals surface area contributed by atoms with Crippen molar-refractivity contribution in [2.45, 2.75) is 19.8 Å². The van der Waals surface area contributed by atoms with E-state index in [2.05, 4.69) is 8.37 Å². The third-order valence-electron chi connectivity index (χ3n) is 0.770. The summed E-state index contributed by atoms with van der Waals surface area (Å²) >= 11 is 0. The van der Waals surface area contributed by atoms with Crippen LogP contribution in [0.2, 0.25) is 0 Å². The van der Waals surface area contributed by atoms with Crippen molar-refractivity contribution < 1.29 is 25.6 Å². The zero-order valence-electron chi connectivity index (χ0n) is 6.50. The van der Waals surface area contributed by atoms with Crippen LogP contribution in [0.1, 0.15) is 13.3 Å². The Morgan fingerprint density at radius 2 is 1.92 bits per heavy atom. The molecule has 74 valence electrons. The molecule has 0 radical (unpaired) electrons. The molecule has 0 aliphatic heterocycles. The summed E-state index contributed by atoms with van der Waals surface area (Å²) in [6, 6.07) is 0. The van der Waals surface area contributed by atoms with E-state index in [0.29, 0.717) is 6.42 Å². The molecule has 7 heteroatoms. The lowest BCUT2D eigenvalue weighted by atomic mass is 10.5. The molecule has 0 rings (SSSR count). The molecule has 0 fully saturated rings. The molecule has 0 aromatic carbocycles. The Morgan fingerprint density at radius 3 is 2.33 bits per heavy atom. The van der Waals surface area contributed by atoms with Gasteiger partial charge in [0, 0.05) is 0 Å². The van der Waals surface area contributed by atoms with Crippen LogP contribution < -0.4 is 0 Å². The predicted molar refractivity (Wildman–Crippen MR) is 37.1 cm³/mol. The van der Waals surface area contributed by atoms with Gasteiger partial charge in [0.05, 0.1) is 6.61 Å². The van der Waals surface area contributed by atoms with Gasteiger partial charge in [-0.2, -0.15) is 8.42 Å². The average molecular weight is 204 g/mol. The van der Waals surface area contributed by atoms with Crippen LogP contribution in [0, 0.1) is 0 Å². The van der Waals surface area contributed by atoms with Crippen molar-refractivity contribution in [2.24, 2.45) is 0 Å². The first-order valence-corrected chi connectivity index (χ1v) is 4.63. The van der Waals surface area contributed by atoms with Gasteiger partial charge in [-0.05, 0) is 6.42 Å². The molecule has 0 aliphatic rings. The van der Waals surface area contributed by atoms with Crippen LogP contribution in [0.3, 0.4) is 0 Å². The van der Waals surface area contributed by atoms with Crippen molar-refractivity contribution in [2.75, 3.05) is 13.2 Å². The average Bonchev–Trinajstić information content (AvgIpc) is 1.98. The van der Waals surface area contributed by atoms with E-state index >= 15 is 0 Å².